The van der Waals surface area contributed by atoms with Crippen LogP contribution in [-0.2, 0) is 0 Å². The summed E-state index contributed by atoms with van der Waals surface area (Å²) in [5, 5.41) is 0. The zero-order valence-corrected chi connectivity index (χ0v) is 35.1. The summed E-state index contributed by atoms with van der Waals surface area (Å²) in [6.07, 6.45) is 0. The molecule has 0 unspecified atom stereocenters. The molecule has 0 nitrogen and oxygen atoms in total. The van der Waals surface area contributed by atoms with Gasteiger partial charge in [0.2, 0.25) is 0 Å². The van der Waals surface area contributed by atoms with Crippen LogP contribution >= 0.6 is 0 Å². The van der Waals surface area contributed by atoms with Gasteiger partial charge >= 0.3 is 308 Å². The van der Waals surface area contributed by atoms with Gasteiger partial charge in [-0.05, 0) is 0 Å². The van der Waals surface area contributed by atoms with Crippen molar-refractivity contribution in [1.82, 2.24) is 0 Å². The summed E-state index contributed by atoms with van der Waals surface area (Å²) in [7, 11) is 0. The van der Waals surface area contributed by atoms with Crippen LogP contribution in [0.15, 0.2) is 103 Å². The molecule has 5 aromatic carbocycles. The standard InChI is InChI=1S/C36H49.2C6H5.Sn/c1-21(2)29-17-31(23(5)6)35(32(18-29)24(7)8)27-14-13-15-28(16-27)36-33(25(9)10)19-30(22(3)4)20-34(36)26(11)12;2*1-2-4-6-5-3-1;/h13-15,17-26H,1-12H3;2*1-5H;. The molecule has 1 heteroatoms. The molecule has 0 heterocycles. The Labute approximate surface area is 306 Å². The molecule has 0 N–H and O–H groups in total. The van der Waals surface area contributed by atoms with Crippen molar-refractivity contribution < 1.29 is 0 Å². The molecule has 5 aromatic rings. The second-order valence-corrected chi connectivity index (χ2v) is 22.8. The molecule has 0 spiro atoms. The molecule has 0 atom stereocenters. The van der Waals surface area contributed by atoms with E-state index in [9.17, 15) is 0 Å². The van der Waals surface area contributed by atoms with Gasteiger partial charge in [0.05, 0.1) is 0 Å². The Morgan fingerprint density at radius 3 is 0.918 bits per heavy atom. The first-order valence-corrected chi connectivity index (χ1v) is 23.1. The van der Waals surface area contributed by atoms with Crippen molar-refractivity contribution in [2.45, 2.75) is 119 Å². The molecule has 5 rings (SSSR count). The molecule has 0 saturated heterocycles. The molecular formula is C48H59Sn. The molecule has 0 aliphatic carbocycles. The molecule has 1 radical (unpaired) electrons. The first kappa shape index (κ1) is 37.2. The van der Waals surface area contributed by atoms with Crippen molar-refractivity contribution in [3.05, 3.63) is 137 Å². The topological polar surface area (TPSA) is 0 Å². The molecule has 49 heavy (non-hydrogen) atoms. The van der Waals surface area contributed by atoms with Gasteiger partial charge in [0.1, 0.15) is 0 Å². The van der Waals surface area contributed by atoms with Crippen molar-refractivity contribution >= 4 is 30.5 Å². The zero-order chi connectivity index (χ0) is 35.6. The normalized spacial score (nSPS) is 12.1. The van der Waals surface area contributed by atoms with E-state index in [4.69, 9.17) is 0 Å². The van der Waals surface area contributed by atoms with Crippen molar-refractivity contribution in [2.24, 2.45) is 0 Å². The fourth-order valence-corrected chi connectivity index (χ4v) is 15.8. The van der Waals surface area contributed by atoms with Crippen LogP contribution in [0.1, 0.15) is 152 Å². The van der Waals surface area contributed by atoms with E-state index >= 15 is 0 Å². The number of rotatable bonds is 11. The Hall–Kier alpha value is -3.10. The van der Waals surface area contributed by atoms with Crippen LogP contribution in [0.2, 0.25) is 0 Å². The predicted octanol–water partition coefficient (Wildman–Crippen LogP) is 12.3. The van der Waals surface area contributed by atoms with Crippen molar-refractivity contribution in [1.29, 1.82) is 0 Å². The summed E-state index contributed by atoms with van der Waals surface area (Å²) in [4.78, 5) is 0. The maximum atomic E-state index is 2.54. The molecule has 0 aromatic heterocycles. The summed E-state index contributed by atoms with van der Waals surface area (Å²) >= 11 is -2.85. The second-order valence-electron chi connectivity index (χ2n) is 15.9. The Morgan fingerprint density at radius 2 is 0.653 bits per heavy atom. The molecular weight excluding hydrogens is 695 g/mol. The molecule has 0 amide bonds. The van der Waals surface area contributed by atoms with Crippen LogP contribution in [-0.4, -0.2) is 19.8 Å². The number of benzene rings is 5. The van der Waals surface area contributed by atoms with Gasteiger partial charge in [0.25, 0.3) is 0 Å². The fourth-order valence-electron chi connectivity index (χ4n) is 7.44. The van der Waals surface area contributed by atoms with E-state index in [0.717, 1.165) is 0 Å². The molecule has 255 valence electrons. The van der Waals surface area contributed by atoms with E-state index < -0.39 is 19.8 Å². The SMILES string of the molecule is CC(C)c1cc(C(C)C)c(-c2cccc(-c3c(C(C)C)cc(C(C)C)cc3C(C)C)[c]2[Sn]([c]2ccccc2)[c]2ccccc2)c(C(C)C)c1. The van der Waals surface area contributed by atoms with Gasteiger partial charge < -0.3 is 0 Å². The van der Waals surface area contributed by atoms with E-state index in [1.54, 1.807) is 3.58 Å². The monoisotopic (exact) mass is 755 g/mol. The number of hydrogen-bond acceptors (Lipinski definition) is 0. The van der Waals surface area contributed by atoms with Crippen LogP contribution in [0, 0.1) is 0 Å². The Bertz CT molecular complexity index is 1660. The molecule has 0 saturated carbocycles. The average molecular weight is 755 g/mol. The molecule has 0 aliphatic heterocycles. The molecule has 0 fully saturated rings. The fraction of sp³-hybridized carbons (Fsp3) is 0.375. The van der Waals surface area contributed by atoms with Crippen molar-refractivity contribution in [3.63, 3.8) is 0 Å². The minimum absolute atomic E-state index is 0.408. The van der Waals surface area contributed by atoms with E-state index in [0.29, 0.717) is 35.5 Å². The van der Waals surface area contributed by atoms with Crippen LogP contribution in [0.4, 0.5) is 0 Å². The Balaban J connectivity index is 2.06. The maximum absolute atomic E-state index is 2.85. The van der Waals surface area contributed by atoms with E-state index in [-0.39, 0.29) is 0 Å². The van der Waals surface area contributed by atoms with Gasteiger partial charge in [-0.25, -0.2) is 0 Å². The predicted molar refractivity (Wildman–Crippen MR) is 219 cm³/mol. The van der Waals surface area contributed by atoms with E-state index in [1.807, 2.05) is 0 Å². The second kappa shape index (κ2) is 15.8. The van der Waals surface area contributed by atoms with Crippen molar-refractivity contribution in [2.75, 3.05) is 0 Å². The van der Waals surface area contributed by atoms with Crippen molar-refractivity contribution in [3.8, 4) is 22.3 Å². The van der Waals surface area contributed by atoms with Gasteiger partial charge in [0, 0.05) is 0 Å². The van der Waals surface area contributed by atoms with Crippen LogP contribution in [0.5, 0.6) is 0 Å². The Morgan fingerprint density at radius 1 is 0.347 bits per heavy atom. The first-order chi connectivity index (χ1) is 23.3. The van der Waals surface area contributed by atoms with Gasteiger partial charge in [-0.1, -0.05) is 0 Å². The summed E-state index contributed by atoms with van der Waals surface area (Å²) in [5.41, 5.74) is 14.7. The Kier molecular flexibility index (Phi) is 12.0. The van der Waals surface area contributed by atoms with Gasteiger partial charge in [-0.3, -0.25) is 0 Å². The summed E-state index contributed by atoms with van der Waals surface area (Å²) < 4.78 is 4.66. The summed E-state index contributed by atoms with van der Waals surface area (Å²) in [6.45, 7) is 28.5. The first-order valence-electron chi connectivity index (χ1n) is 18.8. The third kappa shape index (κ3) is 7.80. The summed E-state index contributed by atoms with van der Waals surface area (Å²) in [6, 6.07) is 40.6. The third-order valence-corrected chi connectivity index (χ3v) is 18.4. The van der Waals surface area contributed by atoms with Gasteiger partial charge in [-0.15, -0.1) is 0 Å². The quantitative estimate of drug-likeness (QED) is 0.118. The van der Waals surface area contributed by atoms with Crippen LogP contribution in [0.3, 0.4) is 0 Å². The molecule has 0 bridgehead atoms. The van der Waals surface area contributed by atoms with Crippen LogP contribution < -0.4 is 10.7 Å². The third-order valence-electron chi connectivity index (χ3n) is 10.2. The van der Waals surface area contributed by atoms with Gasteiger partial charge in [0.15, 0.2) is 0 Å². The van der Waals surface area contributed by atoms with Crippen LogP contribution in [0.25, 0.3) is 22.3 Å². The van der Waals surface area contributed by atoms with Gasteiger partial charge in [-0.2, -0.15) is 0 Å². The zero-order valence-electron chi connectivity index (χ0n) is 32.3. The minimum atomic E-state index is -2.85. The average Bonchev–Trinajstić information content (AvgIpc) is 3.08. The number of hydrogen-bond donors (Lipinski definition) is 0. The summed E-state index contributed by atoms with van der Waals surface area (Å²) in [5.74, 6) is 2.60. The molecule has 0 aliphatic rings. The van der Waals surface area contributed by atoms with E-state index in [2.05, 4.69) is 186 Å². The van der Waals surface area contributed by atoms with E-state index in [1.165, 1.54) is 62.8 Å².